The Morgan fingerprint density at radius 1 is 1.00 bits per heavy atom. The molecule has 0 aliphatic carbocycles. The number of hydrogen-bond donors (Lipinski definition) is 0. The van der Waals surface area contributed by atoms with Crippen LogP contribution in [0.25, 0.3) is 11.1 Å². The number of hydrogen-bond acceptors (Lipinski definition) is 2. The zero-order valence-electron chi connectivity index (χ0n) is 8.96. The summed E-state index contributed by atoms with van der Waals surface area (Å²) in [4.78, 5) is 10.5. The zero-order valence-corrected chi connectivity index (χ0v) is 8.96. The maximum Gasteiger partial charge on any atom is 0.277 e. The molecule has 0 spiro atoms. The Bertz CT molecular complexity index is 612. The number of rotatable bonds is 2. The fraction of sp³-hybridized carbons (Fsp3) is 0. The molecule has 0 saturated heterocycles. The smallest absolute Gasteiger partial charge is 0.258 e. The van der Waals surface area contributed by atoms with Crippen molar-refractivity contribution in [3.63, 3.8) is 0 Å². The van der Waals surface area contributed by atoms with Crippen molar-refractivity contribution in [1.29, 1.82) is 0 Å². The van der Waals surface area contributed by atoms with Crippen LogP contribution in [0.15, 0.2) is 48.5 Å². The van der Waals surface area contributed by atoms with E-state index in [1.165, 1.54) is 6.07 Å². The average Bonchev–Trinajstić information content (AvgIpc) is 2.38. The monoisotopic (exact) mass is 223 g/mol. The van der Waals surface area contributed by atoms with E-state index in [0.717, 1.165) is 0 Å². The van der Waals surface area contributed by atoms with Gasteiger partial charge >= 0.3 is 0 Å². The number of terminal acetylenes is 1. The summed E-state index contributed by atoms with van der Waals surface area (Å²) in [5.41, 5.74) is 1.98. The summed E-state index contributed by atoms with van der Waals surface area (Å²) < 4.78 is 0. The topological polar surface area (TPSA) is 43.1 Å². The Morgan fingerprint density at radius 3 is 2.24 bits per heavy atom. The highest BCUT2D eigenvalue weighted by molar-refractivity contribution is 5.78. The van der Waals surface area contributed by atoms with Gasteiger partial charge in [0.05, 0.1) is 10.5 Å². The van der Waals surface area contributed by atoms with Crippen LogP contribution < -0.4 is 0 Å². The summed E-state index contributed by atoms with van der Waals surface area (Å²) in [6, 6.07) is 13.8. The molecule has 0 aromatic heterocycles. The number of nitro groups is 1. The highest BCUT2D eigenvalue weighted by Gasteiger charge is 2.15. The lowest BCUT2D eigenvalue weighted by Gasteiger charge is -2.05. The van der Waals surface area contributed by atoms with Gasteiger partial charge in [0.15, 0.2) is 0 Å². The molecule has 2 aromatic rings. The SMILES string of the molecule is C#Cc1ccccc1-c1ccccc1[N+](=O)[O-]. The number of benzene rings is 2. The van der Waals surface area contributed by atoms with E-state index in [9.17, 15) is 10.1 Å². The van der Waals surface area contributed by atoms with Gasteiger partial charge in [-0.2, -0.15) is 0 Å². The van der Waals surface area contributed by atoms with Crippen LogP contribution in [0.5, 0.6) is 0 Å². The van der Waals surface area contributed by atoms with Crippen molar-refractivity contribution in [2.45, 2.75) is 0 Å². The van der Waals surface area contributed by atoms with Crippen molar-refractivity contribution < 1.29 is 4.92 Å². The first-order chi connectivity index (χ1) is 8.24. The van der Waals surface area contributed by atoms with Crippen molar-refractivity contribution in [1.82, 2.24) is 0 Å². The van der Waals surface area contributed by atoms with Gasteiger partial charge in [-0.05, 0) is 12.1 Å². The molecule has 0 bridgehead atoms. The Kier molecular flexibility index (Phi) is 2.89. The van der Waals surface area contributed by atoms with Crippen LogP contribution in [-0.4, -0.2) is 4.92 Å². The third-order valence-electron chi connectivity index (χ3n) is 2.47. The molecule has 0 N–H and O–H groups in total. The van der Waals surface area contributed by atoms with E-state index in [-0.39, 0.29) is 5.69 Å². The predicted octanol–water partition coefficient (Wildman–Crippen LogP) is 3.24. The normalized spacial score (nSPS) is 9.59. The molecule has 0 radical (unpaired) electrons. The average molecular weight is 223 g/mol. The molecule has 2 rings (SSSR count). The Balaban J connectivity index is 2.69. The van der Waals surface area contributed by atoms with E-state index in [4.69, 9.17) is 6.42 Å². The first-order valence-electron chi connectivity index (χ1n) is 5.03. The Labute approximate surface area is 98.9 Å². The minimum absolute atomic E-state index is 0.0650. The van der Waals surface area contributed by atoms with Gasteiger partial charge in [-0.15, -0.1) is 6.42 Å². The molecule has 0 atom stereocenters. The van der Waals surface area contributed by atoms with Gasteiger partial charge in [-0.25, -0.2) is 0 Å². The first-order valence-corrected chi connectivity index (χ1v) is 5.03. The zero-order chi connectivity index (χ0) is 12.3. The molecular formula is C14H9NO2. The molecule has 0 saturated carbocycles. The minimum Gasteiger partial charge on any atom is -0.258 e. The maximum atomic E-state index is 10.9. The lowest BCUT2D eigenvalue weighted by molar-refractivity contribution is -0.384. The molecule has 3 nitrogen and oxygen atoms in total. The van der Waals surface area contributed by atoms with E-state index < -0.39 is 4.92 Å². The molecule has 17 heavy (non-hydrogen) atoms. The quantitative estimate of drug-likeness (QED) is 0.445. The van der Waals surface area contributed by atoms with Gasteiger partial charge in [-0.1, -0.05) is 36.3 Å². The van der Waals surface area contributed by atoms with Gasteiger partial charge in [0, 0.05) is 17.2 Å². The lowest BCUT2D eigenvalue weighted by Crippen LogP contribution is -1.93. The molecule has 0 fully saturated rings. The van der Waals surface area contributed by atoms with Gasteiger partial charge in [0.2, 0.25) is 0 Å². The van der Waals surface area contributed by atoms with E-state index >= 15 is 0 Å². The largest absolute Gasteiger partial charge is 0.277 e. The molecule has 0 unspecified atom stereocenters. The highest BCUT2D eigenvalue weighted by Crippen LogP contribution is 2.31. The van der Waals surface area contributed by atoms with E-state index in [1.54, 1.807) is 30.3 Å². The molecule has 0 amide bonds. The standard InChI is InChI=1S/C14H9NO2/c1-2-11-7-3-4-8-12(11)13-9-5-6-10-14(13)15(16)17/h1,3-10H. The number of nitro benzene ring substituents is 1. The van der Waals surface area contributed by atoms with Crippen molar-refractivity contribution in [2.24, 2.45) is 0 Å². The molecule has 3 heteroatoms. The first kappa shape index (κ1) is 10.9. The van der Waals surface area contributed by atoms with Gasteiger partial charge < -0.3 is 0 Å². The van der Waals surface area contributed by atoms with E-state index in [0.29, 0.717) is 16.7 Å². The molecule has 0 heterocycles. The third-order valence-corrected chi connectivity index (χ3v) is 2.47. The second-order valence-electron chi connectivity index (χ2n) is 3.46. The van der Waals surface area contributed by atoms with Gasteiger partial charge in [0.1, 0.15) is 0 Å². The summed E-state index contributed by atoms with van der Waals surface area (Å²) in [5.74, 6) is 2.54. The predicted molar refractivity (Wildman–Crippen MR) is 66.5 cm³/mol. The Morgan fingerprint density at radius 2 is 1.59 bits per heavy atom. The third kappa shape index (κ3) is 2.01. The van der Waals surface area contributed by atoms with Crippen molar-refractivity contribution >= 4 is 5.69 Å². The molecule has 82 valence electrons. The molecular weight excluding hydrogens is 214 g/mol. The lowest BCUT2D eigenvalue weighted by atomic mass is 9.99. The summed E-state index contributed by atoms with van der Waals surface area (Å²) in [6.07, 6.45) is 5.39. The molecule has 2 aromatic carbocycles. The second-order valence-corrected chi connectivity index (χ2v) is 3.46. The van der Waals surface area contributed by atoms with Gasteiger partial charge in [0.25, 0.3) is 5.69 Å². The number of para-hydroxylation sites is 1. The highest BCUT2D eigenvalue weighted by atomic mass is 16.6. The molecule has 0 aliphatic rings. The summed E-state index contributed by atoms with van der Waals surface area (Å²) in [7, 11) is 0. The van der Waals surface area contributed by atoms with Crippen molar-refractivity contribution in [3.05, 3.63) is 64.2 Å². The fourth-order valence-electron chi connectivity index (χ4n) is 1.70. The van der Waals surface area contributed by atoms with E-state index in [2.05, 4.69) is 5.92 Å². The summed E-state index contributed by atoms with van der Waals surface area (Å²) in [5, 5.41) is 10.9. The number of nitrogens with zero attached hydrogens (tertiary/aromatic N) is 1. The van der Waals surface area contributed by atoms with Gasteiger partial charge in [-0.3, -0.25) is 10.1 Å². The summed E-state index contributed by atoms with van der Waals surface area (Å²) in [6.45, 7) is 0. The minimum atomic E-state index is -0.400. The van der Waals surface area contributed by atoms with Crippen LogP contribution in [0.4, 0.5) is 5.69 Å². The van der Waals surface area contributed by atoms with Crippen LogP contribution in [0.2, 0.25) is 0 Å². The van der Waals surface area contributed by atoms with Crippen LogP contribution in [0, 0.1) is 22.5 Å². The Hall–Kier alpha value is -2.60. The van der Waals surface area contributed by atoms with Crippen molar-refractivity contribution in [3.8, 4) is 23.5 Å². The van der Waals surface area contributed by atoms with Crippen LogP contribution in [0.3, 0.4) is 0 Å². The second kappa shape index (κ2) is 4.50. The summed E-state index contributed by atoms with van der Waals surface area (Å²) >= 11 is 0. The van der Waals surface area contributed by atoms with Crippen LogP contribution in [0.1, 0.15) is 5.56 Å². The van der Waals surface area contributed by atoms with Crippen LogP contribution >= 0.6 is 0 Å². The molecule has 0 aliphatic heterocycles. The maximum absolute atomic E-state index is 10.9. The van der Waals surface area contributed by atoms with Crippen molar-refractivity contribution in [2.75, 3.05) is 0 Å². The fourth-order valence-corrected chi connectivity index (χ4v) is 1.70. The van der Waals surface area contributed by atoms with E-state index in [1.807, 2.05) is 12.1 Å². The van der Waals surface area contributed by atoms with Crippen LogP contribution in [-0.2, 0) is 0 Å².